The monoisotopic (exact) mass is 368 g/mol. The van der Waals surface area contributed by atoms with E-state index in [1.165, 1.54) is 24.3 Å². The fourth-order valence-electron chi connectivity index (χ4n) is 2.35. The summed E-state index contributed by atoms with van der Waals surface area (Å²) in [5.41, 5.74) is 9.08. The van der Waals surface area contributed by atoms with E-state index in [-0.39, 0.29) is 9.92 Å². The van der Waals surface area contributed by atoms with Crippen molar-refractivity contribution in [3.8, 4) is 17.2 Å². The van der Waals surface area contributed by atoms with E-state index in [9.17, 15) is 8.78 Å². The van der Waals surface area contributed by atoms with Crippen molar-refractivity contribution < 1.29 is 8.78 Å². The lowest BCUT2D eigenvalue weighted by Crippen LogP contribution is -1.97. The molecule has 2 aromatic rings. The fourth-order valence-corrected chi connectivity index (χ4v) is 3.14. The largest absolute Gasteiger partial charge is 0.392 e. The summed E-state index contributed by atoms with van der Waals surface area (Å²) in [6, 6.07) is 9.26. The maximum absolute atomic E-state index is 14.6. The van der Waals surface area contributed by atoms with Crippen molar-refractivity contribution in [2.24, 2.45) is 5.73 Å². The van der Waals surface area contributed by atoms with Gasteiger partial charge in [-0.25, -0.2) is 8.78 Å². The van der Waals surface area contributed by atoms with Gasteiger partial charge in [-0.05, 0) is 54.8 Å². The number of hydrogen-bond donors (Lipinski definition) is 1. The molecule has 0 saturated heterocycles. The van der Waals surface area contributed by atoms with E-state index in [4.69, 9.17) is 11.0 Å². The van der Waals surface area contributed by atoms with Crippen molar-refractivity contribution in [1.82, 2.24) is 0 Å². The van der Waals surface area contributed by atoms with Crippen molar-refractivity contribution >= 4 is 23.4 Å². The van der Waals surface area contributed by atoms with Crippen molar-refractivity contribution in [1.29, 1.82) is 5.26 Å². The molecule has 0 aliphatic rings. The van der Waals surface area contributed by atoms with E-state index in [2.05, 4.69) is 13.2 Å². The Morgan fingerprint density at radius 2 is 1.88 bits per heavy atom. The highest BCUT2D eigenvalue weighted by Crippen LogP contribution is 2.34. The second-order valence-electron chi connectivity index (χ2n) is 5.75. The van der Waals surface area contributed by atoms with Gasteiger partial charge in [0.15, 0.2) is 0 Å². The minimum atomic E-state index is -0.490. The third kappa shape index (κ3) is 4.04. The Labute approximate surface area is 156 Å². The molecule has 132 valence electrons. The molecule has 0 spiro atoms. The van der Waals surface area contributed by atoms with Gasteiger partial charge in [-0.2, -0.15) is 5.26 Å². The fraction of sp³-hybridized carbons (Fsp3) is 0.0952. The summed E-state index contributed by atoms with van der Waals surface area (Å²) in [7, 11) is 0. The molecule has 5 heteroatoms. The van der Waals surface area contributed by atoms with Crippen molar-refractivity contribution in [3.05, 3.63) is 76.9 Å². The van der Waals surface area contributed by atoms with Gasteiger partial charge in [0.1, 0.15) is 11.6 Å². The van der Waals surface area contributed by atoms with Crippen LogP contribution >= 0.6 is 11.8 Å². The van der Waals surface area contributed by atoms with Crippen LogP contribution < -0.4 is 5.73 Å². The molecule has 0 radical (unpaired) electrons. The van der Waals surface area contributed by atoms with Gasteiger partial charge in [-0.15, -0.1) is 0 Å². The molecular formula is C21H18F2N2S. The molecule has 0 unspecified atom stereocenters. The summed E-state index contributed by atoms with van der Waals surface area (Å²) in [6.45, 7) is 10.9. The zero-order valence-electron chi connectivity index (χ0n) is 14.6. The van der Waals surface area contributed by atoms with Gasteiger partial charge in [0.05, 0.1) is 21.6 Å². The van der Waals surface area contributed by atoms with Crippen LogP contribution in [0.3, 0.4) is 0 Å². The lowest BCUT2D eigenvalue weighted by atomic mass is 9.95. The lowest BCUT2D eigenvalue weighted by molar-refractivity contribution is 0.602. The maximum atomic E-state index is 14.6. The highest BCUT2D eigenvalue weighted by atomic mass is 32.2. The van der Waals surface area contributed by atoms with Crippen LogP contribution in [0.2, 0.25) is 0 Å². The molecule has 0 bridgehead atoms. The van der Waals surface area contributed by atoms with Crippen LogP contribution in [-0.4, -0.2) is 0 Å². The molecule has 0 aliphatic carbocycles. The van der Waals surface area contributed by atoms with E-state index < -0.39 is 11.6 Å². The zero-order valence-corrected chi connectivity index (χ0v) is 15.4. The number of nitrogens with zero attached hydrogens (tertiary/aromatic N) is 1. The van der Waals surface area contributed by atoms with Gasteiger partial charge >= 0.3 is 0 Å². The number of halogens is 2. The molecule has 0 aromatic heterocycles. The van der Waals surface area contributed by atoms with Gasteiger partial charge in [0, 0.05) is 5.56 Å². The highest BCUT2D eigenvalue weighted by molar-refractivity contribution is 8.03. The Balaban J connectivity index is 2.57. The number of allylic oxidation sites excluding steroid dienone is 2. The van der Waals surface area contributed by atoms with Crippen LogP contribution in [0.1, 0.15) is 25.0 Å². The number of rotatable bonds is 5. The number of benzene rings is 2. The van der Waals surface area contributed by atoms with Gasteiger partial charge in [-0.3, -0.25) is 0 Å². The minimum absolute atomic E-state index is 0.202. The second kappa shape index (κ2) is 8.03. The molecule has 0 atom stereocenters. The van der Waals surface area contributed by atoms with Crippen molar-refractivity contribution in [2.75, 3.05) is 0 Å². The predicted molar refractivity (Wildman–Crippen MR) is 105 cm³/mol. The quantitative estimate of drug-likeness (QED) is 0.511. The Morgan fingerprint density at radius 1 is 1.19 bits per heavy atom. The molecule has 26 heavy (non-hydrogen) atoms. The summed E-state index contributed by atoms with van der Waals surface area (Å²) in [4.78, 5) is 0.220. The van der Waals surface area contributed by atoms with E-state index in [1.54, 1.807) is 26.0 Å². The van der Waals surface area contributed by atoms with Crippen LogP contribution in [0.15, 0.2) is 59.0 Å². The zero-order chi connectivity index (χ0) is 19.4. The molecule has 2 nitrogen and oxygen atoms in total. The van der Waals surface area contributed by atoms with E-state index in [0.29, 0.717) is 22.3 Å². The molecule has 0 saturated carbocycles. The van der Waals surface area contributed by atoms with Gasteiger partial charge in [0.2, 0.25) is 0 Å². The third-order valence-electron chi connectivity index (χ3n) is 3.82. The molecule has 2 rings (SSSR count). The first kappa shape index (κ1) is 19.5. The second-order valence-corrected chi connectivity index (χ2v) is 6.84. The van der Waals surface area contributed by atoms with Crippen LogP contribution in [-0.2, 0) is 0 Å². The molecule has 2 N–H and O–H groups in total. The van der Waals surface area contributed by atoms with Gasteiger partial charge in [0.25, 0.3) is 0 Å². The average molecular weight is 368 g/mol. The van der Waals surface area contributed by atoms with Crippen molar-refractivity contribution in [3.63, 3.8) is 0 Å². The predicted octanol–water partition coefficient (Wildman–Crippen LogP) is 6.11. The Bertz CT molecular complexity index is 969. The number of nitriles is 1. The van der Waals surface area contributed by atoms with E-state index >= 15 is 0 Å². The van der Waals surface area contributed by atoms with Crippen LogP contribution in [0.25, 0.3) is 22.8 Å². The number of hydrogen-bond acceptors (Lipinski definition) is 3. The Kier molecular flexibility index (Phi) is 6.01. The van der Waals surface area contributed by atoms with Crippen LogP contribution in [0, 0.1) is 23.0 Å². The Morgan fingerprint density at radius 3 is 2.46 bits per heavy atom. The van der Waals surface area contributed by atoms with E-state index in [0.717, 1.165) is 22.9 Å². The van der Waals surface area contributed by atoms with Gasteiger partial charge in [-0.1, -0.05) is 42.6 Å². The molecule has 2 aromatic carbocycles. The third-order valence-corrected chi connectivity index (χ3v) is 4.88. The molecule has 0 fully saturated rings. The Hall–Kier alpha value is -2.84. The van der Waals surface area contributed by atoms with E-state index in [1.807, 2.05) is 6.07 Å². The normalized spacial score (nSPS) is 11.5. The van der Waals surface area contributed by atoms with Crippen molar-refractivity contribution in [2.45, 2.75) is 18.7 Å². The molecule has 0 aliphatic heterocycles. The summed E-state index contributed by atoms with van der Waals surface area (Å²) in [5, 5.41) is 9.09. The molecular weight excluding hydrogens is 350 g/mol. The lowest BCUT2D eigenvalue weighted by Gasteiger charge is -2.12. The first-order valence-electron chi connectivity index (χ1n) is 7.74. The van der Waals surface area contributed by atoms with Crippen LogP contribution in [0.4, 0.5) is 8.78 Å². The number of thioether (sulfide) groups is 1. The average Bonchev–Trinajstić information content (AvgIpc) is 2.62. The summed E-state index contributed by atoms with van der Waals surface area (Å²) in [5.74, 6) is -0.928. The molecule has 0 heterocycles. The first-order valence-corrected chi connectivity index (χ1v) is 8.56. The summed E-state index contributed by atoms with van der Waals surface area (Å²) >= 11 is 0.939. The molecule has 0 amide bonds. The van der Waals surface area contributed by atoms with Crippen LogP contribution in [0.5, 0.6) is 0 Å². The maximum Gasteiger partial charge on any atom is 0.137 e. The SMILES string of the molecule is C=Cc1cc(-c2ccc(F)c(S/C(N)=C(\C)C#N)c2)c(F)cc1C(=C)C. The number of nitrogens with two attached hydrogens (primary N) is 1. The topological polar surface area (TPSA) is 49.8 Å². The highest BCUT2D eigenvalue weighted by Gasteiger charge is 2.14. The first-order chi connectivity index (χ1) is 12.3. The summed E-state index contributed by atoms with van der Waals surface area (Å²) < 4.78 is 28.8. The summed E-state index contributed by atoms with van der Waals surface area (Å²) in [6.07, 6.45) is 1.63. The van der Waals surface area contributed by atoms with Gasteiger partial charge < -0.3 is 5.73 Å². The smallest absolute Gasteiger partial charge is 0.137 e. The minimum Gasteiger partial charge on any atom is -0.392 e. The standard InChI is InChI=1S/C21H18F2N2S/c1-5-14-8-17(19(23)10-16(14)12(2)3)15-6-7-18(22)20(9-15)26-21(25)13(4)11-24/h5-10H,1-2,25H2,3-4H3/b21-13+.